The van der Waals surface area contributed by atoms with Gasteiger partial charge in [0, 0.05) is 45.8 Å². The molecule has 168 valence electrons. The number of likely N-dealkylation sites (tertiary alicyclic amines) is 1. The molecular weight excluding hydrogens is 387 g/mol. The monoisotopic (exact) mass is 422 g/mol. The van der Waals surface area contributed by atoms with Crippen molar-refractivity contribution in [1.29, 1.82) is 0 Å². The minimum atomic E-state index is -0.191. The Kier molecular flexibility index (Phi) is 9.17. The van der Waals surface area contributed by atoms with Crippen LogP contribution in [0.15, 0.2) is 23.2 Å². The molecule has 2 saturated heterocycles. The Bertz CT molecular complexity index is 682. The van der Waals surface area contributed by atoms with Crippen LogP contribution in [0.1, 0.15) is 18.9 Å². The molecule has 3 rings (SSSR count). The zero-order valence-electron chi connectivity index (χ0n) is 18.2. The maximum Gasteiger partial charge on any atom is 0.194 e. The quantitative estimate of drug-likeness (QED) is 0.374. The van der Waals surface area contributed by atoms with E-state index in [2.05, 4.69) is 17.1 Å². The van der Waals surface area contributed by atoms with E-state index in [1.54, 1.807) is 13.2 Å². The van der Waals surface area contributed by atoms with Crippen LogP contribution in [0.4, 0.5) is 10.1 Å². The molecule has 2 aliphatic heterocycles. The number of nitrogens with one attached hydrogen (secondary N) is 1. The van der Waals surface area contributed by atoms with Crippen LogP contribution in [0, 0.1) is 11.7 Å². The summed E-state index contributed by atoms with van der Waals surface area (Å²) in [5, 5.41) is 3.37. The van der Waals surface area contributed by atoms with Gasteiger partial charge in [-0.15, -0.1) is 0 Å². The number of anilines is 1. The van der Waals surface area contributed by atoms with Crippen LogP contribution < -0.4 is 10.2 Å². The summed E-state index contributed by atoms with van der Waals surface area (Å²) in [6, 6.07) is 5.44. The summed E-state index contributed by atoms with van der Waals surface area (Å²) >= 11 is 0. The molecule has 0 aliphatic carbocycles. The standard InChI is InChI=1S/C22H35FN4O3/c1-3-24-22(27-7-6-19(16-27)17-30-13-12-28-2)25-15-18-4-5-21(20(23)14-18)26-8-10-29-11-9-26/h4-5,14,19H,3,6-13,15-17H2,1-2H3,(H,24,25). The molecule has 1 aromatic rings. The lowest BCUT2D eigenvalue weighted by molar-refractivity contribution is 0.0536. The van der Waals surface area contributed by atoms with Crippen molar-refractivity contribution in [1.82, 2.24) is 10.2 Å². The van der Waals surface area contributed by atoms with Crippen molar-refractivity contribution < 1.29 is 18.6 Å². The van der Waals surface area contributed by atoms with Gasteiger partial charge in [-0.2, -0.15) is 0 Å². The summed E-state index contributed by atoms with van der Waals surface area (Å²) in [6.45, 7) is 9.93. The number of hydrogen-bond donors (Lipinski definition) is 1. The second kappa shape index (κ2) is 12.1. The number of nitrogens with zero attached hydrogens (tertiary/aromatic N) is 3. The Labute approximate surface area is 179 Å². The van der Waals surface area contributed by atoms with E-state index in [4.69, 9.17) is 19.2 Å². The number of guanidine groups is 1. The minimum Gasteiger partial charge on any atom is -0.382 e. The fraction of sp³-hybridized carbons (Fsp3) is 0.682. The lowest BCUT2D eigenvalue weighted by atomic mass is 10.1. The topological polar surface area (TPSA) is 58.6 Å². The van der Waals surface area contributed by atoms with E-state index >= 15 is 0 Å². The average Bonchev–Trinajstić information content (AvgIpc) is 3.24. The largest absolute Gasteiger partial charge is 0.382 e. The van der Waals surface area contributed by atoms with E-state index in [1.807, 2.05) is 17.0 Å². The average molecular weight is 423 g/mol. The highest BCUT2D eigenvalue weighted by Gasteiger charge is 2.25. The van der Waals surface area contributed by atoms with Crippen LogP contribution in [-0.2, 0) is 20.8 Å². The van der Waals surface area contributed by atoms with Gasteiger partial charge in [0.25, 0.3) is 0 Å². The third-order valence-corrected chi connectivity index (χ3v) is 5.48. The van der Waals surface area contributed by atoms with Crippen molar-refractivity contribution >= 4 is 11.6 Å². The number of methoxy groups -OCH3 is 1. The Morgan fingerprint density at radius 1 is 1.27 bits per heavy atom. The molecule has 7 nitrogen and oxygen atoms in total. The Balaban J connectivity index is 1.56. The number of morpholine rings is 1. The predicted octanol–water partition coefficient (Wildman–Crippen LogP) is 2.11. The Morgan fingerprint density at radius 2 is 2.10 bits per heavy atom. The summed E-state index contributed by atoms with van der Waals surface area (Å²) < 4.78 is 30.7. The number of ether oxygens (including phenoxy) is 3. The van der Waals surface area contributed by atoms with Crippen LogP contribution in [0.25, 0.3) is 0 Å². The highest BCUT2D eigenvalue weighted by molar-refractivity contribution is 5.80. The molecule has 30 heavy (non-hydrogen) atoms. The number of aliphatic imine (C=N–C) groups is 1. The molecule has 1 atom stereocenters. The molecule has 1 N–H and O–H groups in total. The van der Waals surface area contributed by atoms with Crippen molar-refractivity contribution in [3.05, 3.63) is 29.6 Å². The van der Waals surface area contributed by atoms with Gasteiger partial charge in [0.2, 0.25) is 0 Å². The lowest BCUT2D eigenvalue weighted by Gasteiger charge is -2.29. The molecule has 0 amide bonds. The molecule has 0 aromatic heterocycles. The molecule has 1 unspecified atom stereocenters. The first-order chi connectivity index (χ1) is 14.7. The Morgan fingerprint density at radius 3 is 2.83 bits per heavy atom. The molecule has 0 saturated carbocycles. The summed E-state index contributed by atoms with van der Waals surface area (Å²) in [7, 11) is 1.68. The summed E-state index contributed by atoms with van der Waals surface area (Å²) in [4.78, 5) is 9.07. The third-order valence-electron chi connectivity index (χ3n) is 5.48. The highest BCUT2D eigenvalue weighted by atomic mass is 19.1. The first-order valence-corrected chi connectivity index (χ1v) is 10.9. The van der Waals surface area contributed by atoms with Gasteiger partial charge in [-0.05, 0) is 31.0 Å². The van der Waals surface area contributed by atoms with Crippen LogP contribution in [0.2, 0.25) is 0 Å². The summed E-state index contributed by atoms with van der Waals surface area (Å²) in [5.41, 5.74) is 1.52. The maximum absolute atomic E-state index is 14.7. The van der Waals surface area contributed by atoms with Gasteiger partial charge in [0.05, 0.1) is 45.3 Å². The van der Waals surface area contributed by atoms with E-state index in [-0.39, 0.29) is 5.82 Å². The minimum absolute atomic E-state index is 0.191. The molecular formula is C22H35FN4O3. The van der Waals surface area contributed by atoms with Crippen molar-refractivity contribution in [2.45, 2.75) is 19.9 Å². The molecule has 2 fully saturated rings. The van der Waals surface area contributed by atoms with Gasteiger partial charge >= 0.3 is 0 Å². The van der Waals surface area contributed by atoms with E-state index in [9.17, 15) is 4.39 Å². The molecule has 0 spiro atoms. The first-order valence-electron chi connectivity index (χ1n) is 10.9. The summed E-state index contributed by atoms with van der Waals surface area (Å²) in [5.74, 6) is 1.19. The maximum atomic E-state index is 14.7. The zero-order valence-corrected chi connectivity index (χ0v) is 18.2. The van der Waals surface area contributed by atoms with Crippen molar-refractivity contribution in [2.24, 2.45) is 10.9 Å². The molecule has 2 aliphatic rings. The van der Waals surface area contributed by atoms with Crippen LogP contribution in [-0.4, -0.2) is 83.7 Å². The zero-order chi connectivity index (χ0) is 21.2. The van der Waals surface area contributed by atoms with Gasteiger partial charge in [0.1, 0.15) is 5.82 Å². The SMILES string of the molecule is CCNC(=NCc1ccc(N2CCOCC2)c(F)c1)N1CCC(COCCOC)C1. The molecule has 8 heteroatoms. The van der Waals surface area contributed by atoms with E-state index in [0.717, 1.165) is 57.3 Å². The van der Waals surface area contributed by atoms with Crippen molar-refractivity contribution in [3.63, 3.8) is 0 Å². The Hall–Kier alpha value is -1.90. The second-order valence-electron chi connectivity index (χ2n) is 7.72. The van der Waals surface area contributed by atoms with Crippen LogP contribution in [0.5, 0.6) is 0 Å². The van der Waals surface area contributed by atoms with Gasteiger partial charge in [-0.3, -0.25) is 0 Å². The van der Waals surface area contributed by atoms with E-state index in [0.29, 0.717) is 44.6 Å². The number of hydrogen-bond acceptors (Lipinski definition) is 5. The van der Waals surface area contributed by atoms with E-state index < -0.39 is 0 Å². The molecule has 2 heterocycles. The third kappa shape index (κ3) is 6.55. The van der Waals surface area contributed by atoms with Crippen molar-refractivity contribution in [2.75, 3.05) is 77.8 Å². The number of halogens is 1. The highest BCUT2D eigenvalue weighted by Crippen LogP contribution is 2.22. The normalized spacial score (nSPS) is 20.1. The fourth-order valence-corrected chi connectivity index (χ4v) is 3.85. The van der Waals surface area contributed by atoms with Gasteiger partial charge in [-0.1, -0.05) is 6.07 Å². The number of rotatable bonds is 9. The second-order valence-corrected chi connectivity index (χ2v) is 7.72. The fourth-order valence-electron chi connectivity index (χ4n) is 3.85. The van der Waals surface area contributed by atoms with Crippen LogP contribution in [0.3, 0.4) is 0 Å². The molecule has 0 bridgehead atoms. The molecule has 1 aromatic carbocycles. The summed E-state index contributed by atoms with van der Waals surface area (Å²) in [6.07, 6.45) is 1.08. The van der Waals surface area contributed by atoms with Crippen LogP contribution >= 0.6 is 0 Å². The van der Waals surface area contributed by atoms with Crippen molar-refractivity contribution in [3.8, 4) is 0 Å². The first kappa shape index (κ1) is 22.8. The van der Waals surface area contributed by atoms with E-state index in [1.165, 1.54) is 0 Å². The molecule has 0 radical (unpaired) electrons. The smallest absolute Gasteiger partial charge is 0.194 e. The number of benzene rings is 1. The lowest BCUT2D eigenvalue weighted by Crippen LogP contribution is -2.40. The predicted molar refractivity (Wildman–Crippen MR) is 117 cm³/mol. The van der Waals surface area contributed by atoms with Gasteiger partial charge < -0.3 is 29.3 Å². The van der Waals surface area contributed by atoms with Gasteiger partial charge in [0.15, 0.2) is 5.96 Å². The van der Waals surface area contributed by atoms with Gasteiger partial charge in [-0.25, -0.2) is 9.38 Å².